The third kappa shape index (κ3) is 3.74. The van der Waals surface area contributed by atoms with Gasteiger partial charge in [-0.2, -0.15) is 9.61 Å². The summed E-state index contributed by atoms with van der Waals surface area (Å²) in [5.74, 6) is 1.59. The molecule has 0 spiro atoms. The lowest BCUT2D eigenvalue weighted by atomic mass is 9.96. The van der Waals surface area contributed by atoms with Gasteiger partial charge in [0.1, 0.15) is 16.9 Å². The average molecular weight is 465 g/mol. The van der Waals surface area contributed by atoms with Crippen LogP contribution in [0.2, 0.25) is 0 Å². The highest BCUT2D eigenvalue weighted by atomic mass is 32.1. The number of benzene rings is 1. The highest BCUT2D eigenvalue weighted by molar-refractivity contribution is 7.19. The van der Waals surface area contributed by atoms with Crippen LogP contribution in [0.15, 0.2) is 35.4 Å². The van der Waals surface area contributed by atoms with Gasteiger partial charge in [-0.05, 0) is 61.5 Å². The van der Waals surface area contributed by atoms with Gasteiger partial charge in [0.05, 0.1) is 19.0 Å². The number of aromatic nitrogens is 4. The number of hydrogen-bond donors (Lipinski definition) is 1. The minimum atomic E-state index is -0.143. The van der Waals surface area contributed by atoms with Crippen molar-refractivity contribution in [2.24, 2.45) is 5.92 Å². The zero-order valence-corrected chi connectivity index (χ0v) is 19.6. The summed E-state index contributed by atoms with van der Waals surface area (Å²) in [6, 6.07) is 7.89. The molecule has 2 aliphatic rings. The summed E-state index contributed by atoms with van der Waals surface area (Å²) in [7, 11) is 1.66. The van der Waals surface area contributed by atoms with Gasteiger partial charge >= 0.3 is 5.69 Å². The second kappa shape index (κ2) is 8.55. The van der Waals surface area contributed by atoms with Crippen LogP contribution in [0, 0.1) is 5.92 Å². The van der Waals surface area contributed by atoms with Crippen LogP contribution in [0.5, 0.6) is 5.75 Å². The van der Waals surface area contributed by atoms with E-state index in [2.05, 4.69) is 20.3 Å². The van der Waals surface area contributed by atoms with Gasteiger partial charge in [0.25, 0.3) is 0 Å². The summed E-state index contributed by atoms with van der Waals surface area (Å²) >= 11 is 1.75. The summed E-state index contributed by atoms with van der Waals surface area (Å²) in [6.07, 6.45) is 5.00. The van der Waals surface area contributed by atoms with Gasteiger partial charge in [-0.3, -0.25) is 9.47 Å². The van der Waals surface area contributed by atoms with Gasteiger partial charge in [-0.15, -0.1) is 11.3 Å². The minimum absolute atomic E-state index is 0.143. The number of rotatable bonds is 5. The summed E-state index contributed by atoms with van der Waals surface area (Å²) in [6.45, 7) is 5.93. The molecule has 0 saturated carbocycles. The highest BCUT2D eigenvalue weighted by Crippen LogP contribution is 2.37. The average Bonchev–Trinajstić information content (AvgIpc) is 3.47. The van der Waals surface area contributed by atoms with Crippen LogP contribution >= 0.6 is 11.3 Å². The van der Waals surface area contributed by atoms with Crippen LogP contribution in [-0.2, 0) is 19.5 Å². The van der Waals surface area contributed by atoms with Crippen molar-refractivity contribution in [2.75, 3.05) is 33.3 Å². The van der Waals surface area contributed by atoms with Crippen LogP contribution in [0.25, 0.3) is 15.9 Å². The minimum Gasteiger partial charge on any atom is -0.497 e. The van der Waals surface area contributed by atoms with Gasteiger partial charge in [0, 0.05) is 24.5 Å². The van der Waals surface area contributed by atoms with E-state index in [1.807, 2.05) is 28.8 Å². The van der Waals surface area contributed by atoms with Crippen molar-refractivity contribution in [3.63, 3.8) is 0 Å². The molecular weight excluding hydrogens is 436 g/mol. The van der Waals surface area contributed by atoms with Crippen molar-refractivity contribution in [2.45, 2.75) is 32.4 Å². The molecule has 0 unspecified atom stereocenters. The molecule has 0 bridgehead atoms. The van der Waals surface area contributed by atoms with E-state index >= 15 is 0 Å². The van der Waals surface area contributed by atoms with Gasteiger partial charge < -0.3 is 10.1 Å². The zero-order chi connectivity index (χ0) is 22.4. The van der Waals surface area contributed by atoms with Crippen LogP contribution in [-0.4, -0.2) is 57.4 Å². The van der Waals surface area contributed by atoms with E-state index in [1.54, 1.807) is 18.4 Å². The standard InChI is InChI=1S/C24H28N6O2S/c1-32-18-4-2-16(3-5-18)13-29-23-21(22-26-15-27-30(22)24(29)31)19-8-11-28(14-20(19)33-23)12-17-6-9-25-10-7-17/h2-5,15,17,25H,6-14H2,1H3. The maximum atomic E-state index is 13.4. The van der Waals surface area contributed by atoms with Crippen molar-refractivity contribution >= 4 is 27.2 Å². The summed E-state index contributed by atoms with van der Waals surface area (Å²) < 4.78 is 8.60. The highest BCUT2D eigenvalue weighted by Gasteiger charge is 2.27. The quantitative estimate of drug-likeness (QED) is 0.489. The molecule has 0 aliphatic carbocycles. The fourth-order valence-corrected chi connectivity index (χ4v) is 6.63. The molecule has 1 saturated heterocycles. The third-order valence-electron chi connectivity index (χ3n) is 7.02. The maximum absolute atomic E-state index is 13.4. The molecule has 172 valence electrons. The molecule has 5 heterocycles. The molecule has 0 atom stereocenters. The predicted molar refractivity (Wildman–Crippen MR) is 129 cm³/mol. The molecule has 2 aliphatic heterocycles. The van der Waals surface area contributed by atoms with Crippen LogP contribution < -0.4 is 15.7 Å². The SMILES string of the molecule is COc1ccc(Cn2c(=O)n3ncnc3c3c4c(sc32)CN(CC2CCNCC2)CC4)cc1. The summed E-state index contributed by atoms with van der Waals surface area (Å²) in [5.41, 5.74) is 2.94. The zero-order valence-electron chi connectivity index (χ0n) is 18.8. The third-order valence-corrected chi connectivity index (χ3v) is 8.26. The molecule has 0 radical (unpaired) electrons. The second-order valence-corrected chi connectivity index (χ2v) is 10.2. The first-order valence-corrected chi connectivity index (χ1v) is 12.5. The van der Waals surface area contributed by atoms with E-state index in [-0.39, 0.29) is 5.69 Å². The van der Waals surface area contributed by atoms with E-state index in [9.17, 15) is 4.79 Å². The lowest BCUT2D eigenvalue weighted by Crippen LogP contribution is -2.38. The van der Waals surface area contributed by atoms with Crippen molar-refractivity contribution in [1.29, 1.82) is 0 Å². The van der Waals surface area contributed by atoms with Crippen molar-refractivity contribution < 1.29 is 4.74 Å². The number of methoxy groups -OCH3 is 1. The largest absolute Gasteiger partial charge is 0.497 e. The smallest absolute Gasteiger partial charge is 0.352 e. The second-order valence-electron chi connectivity index (χ2n) is 9.07. The Morgan fingerprint density at radius 3 is 2.82 bits per heavy atom. The van der Waals surface area contributed by atoms with E-state index < -0.39 is 0 Å². The normalized spacial score (nSPS) is 17.6. The Morgan fingerprint density at radius 1 is 1.21 bits per heavy atom. The first-order valence-electron chi connectivity index (χ1n) is 11.6. The summed E-state index contributed by atoms with van der Waals surface area (Å²) in [4.78, 5) is 22.8. The van der Waals surface area contributed by atoms with Crippen molar-refractivity contribution in [3.05, 3.63) is 57.1 Å². The van der Waals surface area contributed by atoms with Crippen molar-refractivity contribution in [1.82, 2.24) is 29.4 Å². The van der Waals surface area contributed by atoms with Crippen molar-refractivity contribution in [3.8, 4) is 5.75 Å². The molecule has 33 heavy (non-hydrogen) atoms. The monoisotopic (exact) mass is 464 g/mol. The number of nitrogens with zero attached hydrogens (tertiary/aromatic N) is 5. The van der Waals surface area contributed by atoms with Gasteiger partial charge in [-0.1, -0.05) is 12.1 Å². The van der Waals surface area contributed by atoms with Crippen LogP contribution in [0.1, 0.15) is 28.8 Å². The van der Waals surface area contributed by atoms with E-state index in [0.29, 0.717) is 12.2 Å². The molecule has 4 aromatic rings. The molecule has 0 amide bonds. The van der Waals surface area contributed by atoms with Gasteiger partial charge in [-0.25, -0.2) is 9.78 Å². The fraction of sp³-hybridized carbons (Fsp3) is 0.458. The fourth-order valence-electron chi connectivity index (χ4n) is 5.25. The van der Waals surface area contributed by atoms with E-state index in [1.165, 1.54) is 34.1 Å². The number of piperidine rings is 1. The topological polar surface area (TPSA) is 76.7 Å². The number of hydrogen-bond acceptors (Lipinski definition) is 7. The Bertz CT molecular complexity index is 1350. The molecule has 1 N–H and O–H groups in total. The molecule has 9 heteroatoms. The van der Waals surface area contributed by atoms with Gasteiger partial charge in [0.15, 0.2) is 5.65 Å². The molecule has 1 aromatic carbocycles. The lowest BCUT2D eigenvalue weighted by molar-refractivity contribution is 0.194. The lowest BCUT2D eigenvalue weighted by Gasteiger charge is -2.32. The number of thiophene rings is 1. The number of ether oxygens (including phenoxy) is 1. The Balaban J connectivity index is 1.39. The van der Waals surface area contributed by atoms with E-state index in [0.717, 1.165) is 66.6 Å². The number of nitrogens with one attached hydrogen (secondary N) is 1. The molecule has 6 rings (SSSR count). The van der Waals surface area contributed by atoms with E-state index in [4.69, 9.17) is 4.74 Å². The maximum Gasteiger partial charge on any atom is 0.352 e. The Morgan fingerprint density at radius 2 is 2.03 bits per heavy atom. The molecule has 8 nitrogen and oxygen atoms in total. The van der Waals surface area contributed by atoms with Gasteiger partial charge in [0.2, 0.25) is 0 Å². The Kier molecular flexibility index (Phi) is 5.40. The summed E-state index contributed by atoms with van der Waals surface area (Å²) in [5, 5.41) is 8.83. The Hall–Kier alpha value is -2.75. The first kappa shape index (κ1) is 20.8. The molecule has 3 aromatic heterocycles. The van der Waals surface area contributed by atoms with Crippen LogP contribution in [0.4, 0.5) is 0 Å². The first-order chi connectivity index (χ1) is 16.2. The molecule has 1 fully saturated rings. The number of fused-ring (bicyclic) bond motifs is 5. The Labute approximate surface area is 195 Å². The molecular formula is C24H28N6O2S. The predicted octanol–water partition coefficient (Wildman–Crippen LogP) is 2.52. The van der Waals surface area contributed by atoms with Crippen LogP contribution in [0.3, 0.4) is 0 Å².